The summed E-state index contributed by atoms with van der Waals surface area (Å²) >= 11 is 0. The first-order valence-electron chi connectivity index (χ1n) is 6.84. The summed E-state index contributed by atoms with van der Waals surface area (Å²) in [5.74, 6) is 0.395. The van der Waals surface area contributed by atoms with Gasteiger partial charge in [0.1, 0.15) is 11.5 Å². The minimum Gasteiger partial charge on any atom is -0.461 e. The van der Waals surface area contributed by atoms with Crippen molar-refractivity contribution in [1.29, 1.82) is 0 Å². The van der Waals surface area contributed by atoms with Gasteiger partial charge in [-0.05, 0) is 31.2 Å². The van der Waals surface area contributed by atoms with Gasteiger partial charge in [0.2, 0.25) is 0 Å². The zero-order valence-corrected chi connectivity index (χ0v) is 11.9. The summed E-state index contributed by atoms with van der Waals surface area (Å²) in [5, 5.41) is 0.902. The quantitative estimate of drug-likeness (QED) is 0.544. The van der Waals surface area contributed by atoms with E-state index in [2.05, 4.69) is 4.98 Å². The fourth-order valence-corrected chi connectivity index (χ4v) is 2.16. The molecule has 0 saturated carbocycles. The van der Waals surface area contributed by atoms with E-state index in [4.69, 9.17) is 9.15 Å². The molecule has 2 heterocycles. The van der Waals surface area contributed by atoms with Gasteiger partial charge in [0.15, 0.2) is 12.0 Å². The third-order valence-corrected chi connectivity index (χ3v) is 3.20. The Labute approximate surface area is 126 Å². The molecule has 0 radical (unpaired) electrons. The van der Waals surface area contributed by atoms with Gasteiger partial charge < -0.3 is 9.15 Å². The molecule has 0 aliphatic rings. The van der Waals surface area contributed by atoms with E-state index in [0.29, 0.717) is 24.2 Å². The molecule has 5 nitrogen and oxygen atoms in total. The molecule has 1 aromatic carbocycles. The number of nitrogens with zero attached hydrogens (tertiary/aromatic N) is 1. The molecule has 0 spiro atoms. The number of benzene rings is 1. The molecule has 0 fully saturated rings. The van der Waals surface area contributed by atoms with Crippen LogP contribution in [-0.2, 0) is 4.74 Å². The Morgan fingerprint density at radius 1 is 1.23 bits per heavy atom. The minimum atomic E-state index is -0.448. The van der Waals surface area contributed by atoms with Crippen molar-refractivity contribution in [2.24, 2.45) is 0 Å². The van der Waals surface area contributed by atoms with Crippen LogP contribution in [0.5, 0.6) is 0 Å². The maximum Gasteiger partial charge on any atom is 0.356 e. The maximum atomic E-state index is 11.7. The molecule has 0 unspecified atom stereocenters. The van der Waals surface area contributed by atoms with Crippen LogP contribution in [0, 0.1) is 0 Å². The summed E-state index contributed by atoms with van der Waals surface area (Å²) in [6, 6.07) is 12.4. The third-order valence-electron chi connectivity index (χ3n) is 3.20. The predicted molar refractivity (Wildman–Crippen MR) is 80.8 cm³/mol. The predicted octanol–water partition coefficient (Wildman–Crippen LogP) is 3.48. The number of hydrogen-bond acceptors (Lipinski definition) is 5. The van der Waals surface area contributed by atoms with Crippen molar-refractivity contribution in [2.45, 2.75) is 6.92 Å². The molecule has 2 aromatic heterocycles. The van der Waals surface area contributed by atoms with Gasteiger partial charge in [-0.3, -0.25) is 4.79 Å². The number of fused-ring (bicyclic) bond motifs is 1. The highest BCUT2D eigenvalue weighted by atomic mass is 16.5. The Morgan fingerprint density at radius 2 is 2.05 bits per heavy atom. The highest BCUT2D eigenvalue weighted by Gasteiger charge is 2.10. The lowest BCUT2D eigenvalue weighted by atomic mass is 10.1. The van der Waals surface area contributed by atoms with Crippen LogP contribution in [0.1, 0.15) is 28.0 Å². The van der Waals surface area contributed by atoms with E-state index < -0.39 is 5.97 Å². The summed E-state index contributed by atoms with van der Waals surface area (Å²) in [7, 11) is 0. The molecule has 0 aliphatic heterocycles. The molecule has 0 bridgehead atoms. The third kappa shape index (κ3) is 2.61. The number of furan rings is 1. The van der Waals surface area contributed by atoms with Crippen LogP contribution in [0.4, 0.5) is 0 Å². The first-order chi connectivity index (χ1) is 10.7. The molecule has 110 valence electrons. The normalized spacial score (nSPS) is 10.6. The van der Waals surface area contributed by atoms with Crippen LogP contribution in [0.3, 0.4) is 0 Å². The molecule has 22 heavy (non-hydrogen) atoms. The topological polar surface area (TPSA) is 69.4 Å². The average molecular weight is 295 g/mol. The highest BCUT2D eigenvalue weighted by molar-refractivity contribution is 5.92. The van der Waals surface area contributed by atoms with E-state index in [-0.39, 0.29) is 11.5 Å². The summed E-state index contributed by atoms with van der Waals surface area (Å²) < 4.78 is 10.3. The van der Waals surface area contributed by atoms with Gasteiger partial charge in [0.05, 0.1) is 12.1 Å². The van der Waals surface area contributed by atoms with E-state index in [0.717, 1.165) is 10.9 Å². The second-order valence-electron chi connectivity index (χ2n) is 4.64. The summed E-state index contributed by atoms with van der Waals surface area (Å²) in [6.45, 7) is 2.05. The molecule has 0 saturated heterocycles. The van der Waals surface area contributed by atoms with Crippen molar-refractivity contribution in [3.63, 3.8) is 0 Å². The average Bonchev–Trinajstić information content (AvgIpc) is 3.03. The molecular formula is C17H13NO4. The van der Waals surface area contributed by atoms with Gasteiger partial charge in [0.25, 0.3) is 0 Å². The maximum absolute atomic E-state index is 11.7. The summed E-state index contributed by atoms with van der Waals surface area (Å²) in [4.78, 5) is 26.8. The van der Waals surface area contributed by atoms with Crippen LogP contribution in [-0.4, -0.2) is 23.8 Å². The molecule has 0 N–H and O–H groups in total. The molecule has 0 atom stereocenters. The van der Waals surface area contributed by atoms with Gasteiger partial charge >= 0.3 is 5.97 Å². The molecule has 0 aliphatic carbocycles. The largest absolute Gasteiger partial charge is 0.461 e. The first-order valence-corrected chi connectivity index (χ1v) is 6.84. The lowest BCUT2D eigenvalue weighted by molar-refractivity contribution is 0.0520. The lowest BCUT2D eigenvalue weighted by Gasteiger charge is -2.04. The fraction of sp³-hybridized carbons (Fsp3) is 0.118. The van der Waals surface area contributed by atoms with Crippen molar-refractivity contribution in [3.8, 4) is 11.3 Å². The SMILES string of the molecule is CCOC(=O)c1ccc2ccc(-c3ccc(C=O)o3)cc2n1. The van der Waals surface area contributed by atoms with Gasteiger partial charge in [-0.2, -0.15) is 0 Å². The van der Waals surface area contributed by atoms with Crippen molar-refractivity contribution in [3.05, 3.63) is 53.9 Å². The second kappa shape index (κ2) is 5.81. The molecule has 3 aromatic rings. The summed E-state index contributed by atoms with van der Waals surface area (Å²) in [6.07, 6.45) is 0.654. The van der Waals surface area contributed by atoms with E-state index in [9.17, 15) is 9.59 Å². The van der Waals surface area contributed by atoms with Crippen molar-refractivity contribution >= 4 is 23.2 Å². The van der Waals surface area contributed by atoms with Gasteiger partial charge in [-0.15, -0.1) is 0 Å². The molecule has 3 rings (SSSR count). The van der Waals surface area contributed by atoms with Crippen LogP contribution in [0.15, 0.2) is 46.9 Å². The Bertz CT molecular complexity index is 851. The number of carbonyl (C=O) groups excluding carboxylic acids is 2. The van der Waals surface area contributed by atoms with Crippen LogP contribution >= 0.6 is 0 Å². The summed E-state index contributed by atoms with van der Waals surface area (Å²) in [5.41, 5.74) is 1.71. The van der Waals surface area contributed by atoms with Crippen molar-refractivity contribution in [2.75, 3.05) is 6.61 Å². The van der Waals surface area contributed by atoms with Gasteiger partial charge in [-0.1, -0.05) is 18.2 Å². The molecule has 0 amide bonds. The monoisotopic (exact) mass is 295 g/mol. The van der Waals surface area contributed by atoms with Crippen LogP contribution < -0.4 is 0 Å². The minimum absolute atomic E-state index is 0.263. The smallest absolute Gasteiger partial charge is 0.356 e. The van der Waals surface area contributed by atoms with Crippen molar-refractivity contribution < 1.29 is 18.7 Å². The van der Waals surface area contributed by atoms with Crippen LogP contribution in [0.2, 0.25) is 0 Å². The Morgan fingerprint density at radius 3 is 2.77 bits per heavy atom. The van der Waals surface area contributed by atoms with E-state index in [1.54, 1.807) is 25.1 Å². The molecular weight excluding hydrogens is 282 g/mol. The Balaban J connectivity index is 2.03. The van der Waals surface area contributed by atoms with E-state index in [1.807, 2.05) is 24.3 Å². The number of rotatable bonds is 4. The Hall–Kier alpha value is -2.95. The van der Waals surface area contributed by atoms with Crippen LogP contribution in [0.25, 0.3) is 22.2 Å². The number of aromatic nitrogens is 1. The van der Waals surface area contributed by atoms with E-state index in [1.165, 1.54) is 0 Å². The number of carbonyl (C=O) groups is 2. The zero-order valence-electron chi connectivity index (χ0n) is 11.9. The Kier molecular flexibility index (Phi) is 3.70. The lowest BCUT2D eigenvalue weighted by Crippen LogP contribution is -2.06. The number of aldehydes is 1. The molecule has 5 heteroatoms. The number of ether oxygens (including phenoxy) is 1. The van der Waals surface area contributed by atoms with Gasteiger partial charge in [0, 0.05) is 10.9 Å². The first kappa shape index (κ1) is 14.0. The number of pyridine rings is 1. The second-order valence-corrected chi connectivity index (χ2v) is 4.64. The standard InChI is InChI=1S/C17H13NO4/c1-2-21-17(20)14-7-5-11-3-4-12(9-15(11)18-14)16-8-6-13(10-19)22-16/h3-10H,2H2,1H3. The highest BCUT2D eigenvalue weighted by Crippen LogP contribution is 2.25. The number of esters is 1. The number of hydrogen-bond donors (Lipinski definition) is 0. The van der Waals surface area contributed by atoms with Gasteiger partial charge in [-0.25, -0.2) is 9.78 Å². The fourth-order valence-electron chi connectivity index (χ4n) is 2.16. The zero-order chi connectivity index (χ0) is 15.5. The van der Waals surface area contributed by atoms with Crippen molar-refractivity contribution in [1.82, 2.24) is 4.98 Å². The van der Waals surface area contributed by atoms with E-state index >= 15 is 0 Å².